The SMILES string of the molecule is CCCNC(=O)[C@H](C)N(Cc1cccc(C)c1)C(=O)COc1ccc(F)cc1. The summed E-state index contributed by atoms with van der Waals surface area (Å²) in [5, 5.41) is 2.83. The van der Waals surface area contributed by atoms with Crippen molar-refractivity contribution in [1.82, 2.24) is 10.2 Å². The fraction of sp³-hybridized carbons (Fsp3) is 0.364. The van der Waals surface area contributed by atoms with Crippen LogP contribution >= 0.6 is 0 Å². The van der Waals surface area contributed by atoms with E-state index < -0.39 is 6.04 Å². The predicted molar refractivity (Wildman–Crippen MR) is 106 cm³/mol. The van der Waals surface area contributed by atoms with E-state index in [1.54, 1.807) is 6.92 Å². The Morgan fingerprint density at radius 1 is 1.18 bits per heavy atom. The highest BCUT2D eigenvalue weighted by Crippen LogP contribution is 2.14. The monoisotopic (exact) mass is 386 g/mol. The van der Waals surface area contributed by atoms with Crippen LogP contribution in [-0.2, 0) is 16.1 Å². The molecule has 2 aromatic carbocycles. The summed E-state index contributed by atoms with van der Waals surface area (Å²) in [5.74, 6) is -0.496. The van der Waals surface area contributed by atoms with Gasteiger partial charge in [-0.3, -0.25) is 9.59 Å². The molecule has 1 atom stereocenters. The van der Waals surface area contributed by atoms with Crippen LogP contribution in [0.2, 0.25) is 0 Å². The number of nitrogens with one attached hydrogen (secondary N) is 1. The van der Waals surface area contributed by atoms with E-state index in [4.69, 9.17) is 4.74 Å². The number of rotatable bonds is 9. The molecule has 1 N–H and O–H groups in total. The van der Waals surface area contributed by atoms with Crippen molar-refractivity contribution in [1.29, 1.82) is 0 Å². The highest BCUT2D eigenvalue weighted by Gasteiger charge is 2.26. The van der Waals surface area contributed by atoms with Gasteiger partial charge in [0.05, 0.1) is 0 Å². The molecule has 0 aromatic heterocycles. The number of halogens is 1. The molecule has 0 saturated carbocycles. The Bertz CT molecular complexity index is 793. The third-order valence-corrected chi connectivity index (χ3v) is 4.33. The maximum atomic E-state index is 13.0. The lowest BCUT2D eigenvalue weighted by Crippen LogP contribution is -2.49. The third kappa shape index (κ3) is 6.37. The van der Waals surface area contributed by atoms with Crippen molar-refractivity contribution in [2.24, 2.45) is 0 Å². The van der Waals surface area contributed by atoms with E-state index in [0.717, 1.165) is 17.5 Å². The Morgan fingerprint density at radius 2 is 1.89 bits per heavy atom. The summed E-state index contributed by atoms with van der Waals surface area (Å²) in [4.78, 5) is 26.8. The Morgan fingerprint density at radius 3 is 2.54 bits per heavy atom. The summed E-state index contributed by atoms with van der Waals surface area (Å²) in [6, 6.07) is 12.6. The Labute approximate surface area is 165 Å². The third-order valence-electron chi connectivity index (χ3n) is 4.33. The second-order valence-electron chi connectivity index (χ2n) is 6.72. The zero-order valence-electron chi connectivity index (χ0n) is 16.6. The predicted octanol–water partition coefficient (Wildman–Crippen LogP) is 3.46. The molecule has 28 heavy (non-hydrogen) atoms. The van der Waals surface area contributed by atoms with Crippen molar-refractivity contribution in [3.63, 3.8) is 0 Å². The van der Waals surface area contributed by atoms with Gasteiger partial charge in [0.2, 0.25) is 5.91 Å². The molecule has 2 amide bonds. The van der Waals surface area contributed by atoms with Crippen molar-refractivity contribution in [3.8, 4) is 5.75 Å². The molecule has 0 aliphatic rings. The highest BCUT2D eigenvalue weighted by atomic mass is 19.1. The second kappa shape index (κ2) is 10.4. The molecule has 0 bridgehead atoms. The normalized spacial score (nSPS) is 11.6. The van der Waals surface area contributed by atoms with Crippen LogP contribution < -0.4 is 10.1 Å². The van der Waals surface area contributed by atoms with Gasteiger partial charge < -0.3 is 15.0 Å². The number of carbonyl (C=O) groups is 2. The van der Waals surface area contributed by atoms with Crippen LogP contribution in [0.4, 0.5) is 4.39 Å². The minimum absolute atomic E-state index is 0.204. The van der Waals surface area contributed by atoms with E-state index in [0.29, 0.717) is 18.8 Å². The molecule has 0 radical (unpaired) electrons. The maximum Gasteiger partial charge on any atom is 0.261 e. The van der Waals surface area contributed by atoms with Gasteiger partial charge in [-0.05, 0) is 50.1 Å². The Kier molecular flexibility index (Phi) is 7.99. The van der Waals surface area contributed by atoms with Gasteiger partial charge in [0.25, 0.3) is 5.91 Å². The van der Waals surface area contributed by atoms with Crippen molar-refractivity contribution >= 4 is 11.8 Å². The van der Waals surface area contributed by atoms with E-state index in [1.807, 2.05) is 38.1 Å². The number of ether oxygens (including phenoxy) is 1. The minimum Gasteiger partial charge on any atom is -0.484 e. The van der Waals surface area contributed by atoms with Crippen LogP contribution in [0, 0.1) is 12.7 Å². The molecule has 0 spiro atoms. The molecule has 0 aliphatic heterocycles. The average Bonchev–Trinajstić information content (AvgIpc) is 2.69. The van der Waals surface area contributed by atoms with Crippen molar-refractivity contribution in [2.75, 3.05) is 13.2 Å². The summed E-state index contributed by atoms with van der Waals surface area (Å²) in [6.07, 6.45) is 0.817. The van der Waals surface area contributed by atoms with Crippen molar-refractivity contribution in [2.45, 2.75) is 39.8 Å². The van der Waals surface area contributed by atoms with Crippen LogP contribution in [0.3, 0.4) is 0 Å². The molecule has 0 aliphatic carbocycles. The molecule has 2 aromatic rings. The first-order chi connectivity index (χ1) is 13.4. The van der Waals surface area contributed by atoms with Gasteiger partial charge in [0.1, 0.15) is 17.6 Å². The Balaban J connectivity index is 2.12. The quantitative estimate of drug-likeness (QED) is 0.718. The lowest BCUT2D eigenvalue weighted by atomic mass is 10.1. The smallest absolute Gasteiger partial charge is 0.261 e. The number of nitrogens with zero attached hydrogens (tertiary/aromatic N) is 1. The molecule has 5 nitrogen and oxygen atoms in total. The van der Waals surface area contributed by atoms with E-state index >= 15 is 0 Å². The zero-order chi connectivity index (χ0) is 20.5. The highest BCUT2D eigenvalue weighted by molar-refractivity contribution is 5.87. The van der Waals surface area contributed by atoms with Gasteiger partial charge in [-0.2, -0.15) is 0 Å². The fourth-order valence-electron chi connectivity index (χ4n) is 2.74. The largest absolute Gasteiger partial charge is 0.484 e. The lowest BCUT2D eigenvalue weighted by molar-refractivity contribution is -0.142. The van der Waals surface area contributed by atoms with Gasteiger partial charge in [0, 0.05) is 13.1 Å². The maximum absolute atomic E-state index is 13.0. The number of aryl methyl sites for hydroxylation is 1. The second-order valence-corrected chi connectivity index (χ2v) is 6.72. The summed E-state index contributed by atoms with van der Waals surface area (Å²) in [5.41, 5.74) is 2.01. The summed E-state index contributed by atoms with van der Waals surface area (Å²) in [6.45, 7) is 6.27. The number of hydrogen-bond donors (Lipinski definition) is 1. The molecule has 0 heterocycles. The van der Waals surface area contributed by atoms with Gasteiger partial charge >= 0.3 is 0 Å². The molecule has 0 fully saturated rings. The molecule has 0 unspecified atom stereocenters. The van der Waals surface area contributed by atoms with E-state index in [2.05, 4.69) is 5.32 Å². The van der Waals surface area contributed by atoms with Gasteiger partial charge in [-0.25, -0.2) is 4.39 Å². The first-order valence-corrected chi connectivity index (χ1v) is 9.41. The number of benzene rings is 2. The average molecular weight is 386 g/mol. The summed E-state index contributed by atoms with van der Waals surface area (Å²) in [7, 11) is 0. The van der Waals surface area contributed by atoms with Crippen LogP contribution in [0.25, 0.3) is 0 Å². The van der Waals surface area contributed by atoms with E-state index in [1.165, 1.54) is 29.2 Å². The van der Waals surface area contributed by atoms with Crippen LogP contribution in [-0.4, -0.2) is 35.9 Å². The van der Waals surface area contributed by atoms with Crippen molar-refractivity contribution < 1.29 is 18.7 Å². The standard InChI is InChI=1S/C22H27FN2O3/c1-4-12-24-22(27)17(3)25(14-18-7-5-6-16(2)13-18)21(26)15-28-20-10-8-19(23)9-11-20/h5-11,13,17H,4,12,14-15H2,1-3H3,(H,24,27)/t17-/m0/s1. The summed E-state index contributed by atoms with van der Waals surface area (Å²) >= 11 is 0. The topological polar surface area (TPSA) is 58.6 Å². The Hall–Kier alpha value is -2.89. The van der Waals surface area contributed by atoms with Crippen LogP contribution in [0.1, 0.15) is 31.4 Å². The van der Waals surface area contributed by atoms with Gasteiger partial charge in [-0.15, -0.1) is 0 Å². The molecule has 150 valence electrons. The first-order valence-electron chi connectivity index (χ1n) is 9.41. The molecular formula is C22H27FN2O3. The molecule has 0 saturated heterocycles. The lowest BCUT2D eigenvalue weighted by Gasteiger charge is -2.28. The first kappa shape index (κ1) is 21.4. The van der Waals surface area contributed by atoms with E-state index in [-0.39, 0.29) is 24.2 Å². The number of carbonyl (C=O) groups excluding carboxylic acids is 2. The number of hydrogen-bond acceptors (Lipinski definition) is 3. The van der Waals surface area contributed by atoms with Gasteiger partial charge in [-0.1, -0.05) is 36.8 Å². The molecular weight excluding hydrogens is 359 g/mol. The minimum atomic E-state index is -0.642. The zero-order valence-corrected chi connectivity index (χ0v) is 16.6. The fourth-order valence-corrected chi connectivity index (χ4v) is 2.74. The van der Waals surface area contributed by atoms with Crippen molar-refractivity contribution in [3.05, 3.63) is 65.5 Å². The van der Waals surface area contributed by atoms with Gasteiger partial charge in [0.15, 0.2) is 6.61 Å². The number of amides is 2. The molecule has 6 heteroatoms. The summed E-state index contributed by atoms with van der Waals surface area (Å²) < 4.78 is 18.5. The van der Waals surface area contributed by atoms with Crippen LogP contribution in [0.5, 0.6) is 5.75 Å². The van der Waals surface area contributed by atoms with E-state index in [9.17, 15) is 14.0 Å². The van der Waals surface area contributed by atoms with Crippen LogP contribution in [0.15, 0.2) is 48.5 Å². The molecule has 2 rings (SSSR count).